The number of nitroso groups, excluding NO2 is 1. The molecule has 0 aliphatic carbocycles. The van der Waals surface area contributed by atoms with Crippen molar-refractivity contribution in [1.29, 1.82) is 0 Å². The third-order valence-electron chi connectivity index (χ3n) is 1.94. The molecular formula is C6H12N2O2. The third-order valence-corrected chi connectivity index (χ3v) is 1.94. The van der Waals surface area contributed by atoms with Gasteiger partial charge in [-0.3, -0.25) is 5.01 Å². The Bertz CT molecular complexity index is 129. The lowest BCUT2D eigenvalue weighted by molar-refractivity contribution is 0.176. The fourth-order valence-electron chi connectivity index (χ4n) is 1.35. The molecular weight excluding hydrogens is 132 g/mol. The van der Waals surface area contributed by atoms with Crippen LogP contribution in [-0.2, 0) is 0 Å². The van der Waals surface area contributed by atoms with Crippen molar-refractivity contribution in [2.45, 2.75) is 31.9 Å². The quantitative estimate of drug-likeness (QED) is 0.574. The van der Waals surface area contributed by atoms with Gasteiger partial charge >= 0.3 is 0 Å². The molecule has 0 aromatic rings. The summed E-state index contributed by atoms with van der Waals surface area (Å²) in [6.45, 7) is 2.39. The summed E-state index contributed by atoms with van der Waals surface area (Å²) in [5.74, 6) is 0. The standard InChI is InChI=1S/C6H12N2O2/c1-2-5-3-6(9)4-8(5)7-10/h5-6,9H,2-4H2,1H3/t5-,6-/m1/s1. The monoisotopic (exact) mass is 144 g/mol. The first-order valence-electron chi connectivity index (χ1n) is 3.56. The lowest BCUT2D eigenvalue weighted by Crippen LogP contribution is -2.22. The highest BCUT2D eigenvalue weighted by Crippen LogP contribution is 2.19. The highest BCUT2D eigenvalue weighted by Gasteiger charge is 2.29. The topological polar surface area (TPSA) is 52.9 Å². The minimum Gasteiger partial charge on any atom is -0.391 e. The van der Waals surface area contributed by atoms with E-state index in [2.05, 4.69) is 5.29 Å². The molecule has 1 saturated heterocycles. The van der Waals surface area contributed by atoms with Gasteiger partial charge in [0.05, 0.1) is 24.0 Å². The van der Waals surface area contributed by atoms with Crippen LogP contribution in [0.3, 0.4) is 0 Å². The molecule has 0 saturated carbocycles. The van der Waals surface area contributed by atoms with Crippen LogP contribution in [-0.4, -0.2) is 28.8 Å². The van der Waals surface area contributed by atoms with Crippen LogP contribution < -0.4 is 0 Å². The first-order chi connectivity index (χ1) is 4.77. The second-order valence-corrected chi connectivity index (χ2v) is 2.66. The molecule has 4 heteroatoms. The average molecular weight is 144 g/mol. The second kappa shape index (κ2) is 2.96. The molecule has 4 nitrogen and oxygen atoms in total. The predicted octanol–water partition coefficient (Wildman–Crippen LogP) is 0.513. The number of nitrogens with zero attached hydrogens (tertiary/aromatic N) is 2. The van der Waals surface area contributed by atoms with E-state index in [-0.39, 0.29) is 12.1 Å². The molecule has 1 heterocycles. The summed E-state index contributed by atoms with van der Waals surface area (Å²) in [6, 6.07) is 0.160. The zero-order chi connectivity index (χ0) is 7.56. The van der Waals surface area contributed by atoms with Crippen molar-refractivity contribution in [3.63, 3.8) is 0 Å². The molecule has 1 aliphatic heterocycles. The average Bonchev–Trinajstić information content (AvgIpc) is 2.30. The van der Waals surface area contributed by atoms with Crippen LogP contribution in [0.25, 0.3) is 0 Å². The number of hydrogen-bond acceptors (Lipinski definition) is 3. The Morgan fingerprint density at radius 2 is 2.50 bits per heavy atom. The summed E-state index contributed by atoms with van der Waals surface area (Å²) < 4.78 is 0. The molecule has 0 spiro atoms. The normalized spacial score (nSPS) is 32.8. The molecule has 0 aromatic heterocycles. The van der Waals surface area contributed by atoms with E-state index in [4.69, 9.17) is 5.11 Å². The summed E-state index contributed by atoms with van der Waals surface area (Å²) >= 11 is 0. The Hall–Kier alpha value is -0.640. The highest BCUT2D eigenvalue weighted by molar-refractivity contribution is 4.81. The molecule has 0 radical (unpaired) electrons. The summed E-state index contributed by atoms with van der Waals surface area (Å²) in [7, 11) is 0. The molecule has 1 rings (SSSR count). The molecule has 2 atom stereocenters. The molecule has 10 heavy (non-hydrogen) atoms. The number of β-amino-alcohol motifs (C(OH)–C–C–N with tert-alkyl or cyclic N) is 1. The largest absolute Gasteiger partial charge is 0.391 e. The van der Waals surface area contributed by atoms with Gasteiger partial charge in [-0.15, -0.1) is 4.91 Å². The van der Waals surface area contributed by atoms with Gasteiger partial charge in [-0.2, -0.15) is 0 Å². The molecule has 1 N–H and O–H groups in total. The maximum absolute atomic E-state index is 10.1. The summed E-state index contributed by atoms with van der Waals surface area (Å²) in [5.41, 5.74) is 0. The molecule has 58 valence electrons. The van der Waals surface area contributed by atoms with Crippen LogP contribution in [0.5, 0.6) is 0 Å². The van der Waals surface area contributed by atoms with Crippen molar-refractivity contribution in [2.75, 3.05) is 6.54 Å². The number of aliphatic hydroxyl groups excluding tert-OH is 1. The Labute approximate surface area is 59.8 Å². The highest BCUT2D eigenvalue weighted by atomic mass is 16.3. The lowest BCUT2D eigenvalue weighted by Gasteiger charge is -2.13. The molecule has 0 aromatic carbocycles. The van der Waals surface area contributed by atoms with Gasteiger partial charge in [0.15, 0.2) is 0 Å². The molecule has 1 aliphatic rings. The van der Waals surface area contributed by atoms with Gasteiger partial charge < -0.3 is 5.11 Å². The van der Waals surface area contributed by atoms with Gasteiger partial charge in [0.1, 0.15) is 0 Å². The molecule has 0 amide bonds. The minimum atomic E-state index is -0.359. The van der Waals surface area contributed by atoms with Crippen molar-refractivity contribution in [3.8, 4) is 0 Å². The second-order valence-electron chi connectivity index (χ2n) is 2.66. The van der Waals surface area contributed by atoms with Crippen LogP contribution >= 0.6 is 0 Å². The van der Waals surface area contributed by atoms with Gasteiger partial charge in [0.25, 0.3) is 0 Å². The SMILES string of the molecule is CC[C@@H]1C[C@@H](O)CN1N=O. The summed E-state index contributed by atoms with van der Waals surface area (Å²) in [5, 5.41) is 13.3. The fourth-order valence-corrected chi connectivity index (χ4v) is 1.35. The molecule has 1 fully saturated rings. The van der Waals surface area contributed by atoms with Crippen molar-refractivity contribution in [3.05, 3.63) is 4.91 Å². The maximum Gasteiger partial charge on any atom is 0.0753 e. The van der Waals surface area contributed by atoms with Gasteiger partial charge in [0, 0.05) is 0 Å². The van der Waals surface area contributed by atoms with E-state index in [1.807, 2.05) is 6.92 Å². The van der Waals surface area contributed by atoms with E-state index in [0.717, 1.165) is 6.42 Å². The van der Waals surface area contributed by atoms with Gasteiger partial charge in [0.2, 0.25) is 0 Å². The van der Waals surface area contributed by atoms with Gasteiger partial charge in [-0.25, -0.2) is 0 Å². The Morgan fingerprint density at radius 1 is 1.80 bits per heavy atom. The van der Waals surface area contributed by atoms with E-state index >= 15 is 0 Å². The predicted molar refractivity (Wildman–Crippen MR) is 37.2 cm³/mol. The van der Waals surface area contributed by atoms with Crippen LogP contribution in [0.1, 0.15) is 19.8 Å². The first-order valence-corrected chi connectivity index (χ1v) is 3.56. The third kappa shape index (κ3) is 1.26. The Balaban J connectivity index is 2.48. The molecule has 0 bridgehead atoms. The van der Waals surface area contributed by atoms with E-state index in [9.17, 15) is 4.91 Å². The van der Waals surface area contributed by atoms with Gasteiger partial charge in [-0.05, 0) is 12.8 Å². The van der Waals surface area contributed by atoms with Crippen LogP contribution in [0.15, 0.2) is 5.29 Å². The smallest absolute Gasteiger partial charge is 0.0753 e. The van der Waals surface area contributed by atoms with Crippen molar-refractivity contribution in [2.24, 2.45) is 5.29 Å². The summed E-state index contributed by atoms with van der Waals surface area (Å²) in [6.07, 6.45) is 1.20. The van der Waals surface area contributed by atoms with E-state index in [1.54, 1.807) is 0 Å². The zero-order valence-electron chi connectivity index (χ0n) is 6.03. The Kier molecular flexibility index (Phi) is 2.21. The fraction of sp³-hybridized carbons (Fsp3) is 1.00. The number of rotatable bonds is 2. The van der Waals surface area contributed by atoms with Crippen LogP contribution in [0.4, 0.5) is 0 Å². The van der Waals surface area contributed by atoms with Crippen molar-refractivity contribution >= 4 is 0 Å². The van der Waals surface area contributed by atoms with Gasteiger partial charge in [-0.1, -0.05) is 6.92 Å². The molecule has 0 unspecified atom stereocenters. The summed E-state index contributed by atoms with van der Waals surface area (Å²) in [4.78, 5) is 10.1. The van der Waals surface area contributed by atoms with E-state index in [0.29, 0.717) is 13.0 Å². The maximum atomic E-state index is 10.1. The lowest BCUT2D eigenvalue weighted by atomic mass is 10.1. The van der Waals surface area contributed by atoms with Crippen molar-refractivity contribution < 1.29 is 5.11 Å². The van der Waals surface area contributed by atoms with E-state index < -0.39 is 0 Å². The Morgan fingerprint density at radius 3 is 2.90 bits per heavy atom. The van der Waals surface area contributed by atoms with E-state index in [1.165, 1.54) is 5.01 Å². The van der Waals surface area contributed by atoms with Crippen LogP contribution in [0.2, 0.25) is 0 Å². The van der Waals surface area contributed by atoms with Crippen molar-refractivity contribution in [1.82, 2.24) is 5.01 Å². The number of aliphatic hydroxyl groups is 1. The zero-order valence-corrected chi connectivity index (χ0v) is 6.03. The number of hydrogen-bond donors (Lipinski definition) is 1. The first kappa shape index (κ1) is 7.47. The minimum absolute atomic E-state index is 0.160. The van der Waals surface area contributed by atoms with Crippen LogP contribution in [0, 0.1) is 4.91 Å².